The Morgan fingerprint density at radius 2 is 1.98 bits per heavy atom. The highest BCUT2D eigenvalue weighted by molar-refractivity contribution is 5.95. The minimum absolute atomic E-state index is 0.0657. The van der Waals surface area contributed by atoms with Gasteiger partial charge in [0.25, 0.3) is 11.6 Å². The number of carbonyl (C=O) groups excluding carboxylic acids is 3. The van der Waals surface area contributed by atoms with Gasteiger partial charge >= 0.3 is 12.0 Å². The molecule has 0 saturated heterocycles. The lowest BCUT2D eigenvalue weighted by molar-refractivity contribution is -0.384. The minimum atomic E-state index is -0.794. The van der Waals surface area contributed by atoms with Crippen LogP contribution in [0.2, 0.25) is 0 Å². The van der Waals surface area contributed by atoms with Gasteiger partial charge in [-0.15, -0.1) is 0 Å². The number of hydrogen-bond acceptors (Lipinski definition) is 10. The van der Waals surface area contributed by atoms with Crippen molar-refractivity contribution in [3.8, 4) is 22.8 Å². The molecule has 3 amide bonds. The first kappa shape index (κ1) is 29.3. The first-order valence-electron chi connectivity index (χ1n) is 12.6. The molecule has 1 atom stereocenters. The maximum atomic E-state index is 12.6. The first-order chi connectivity index (χ1) is 20.2. The zero-order chi connectivity index (χ0) is 30.2. The number of nitro groups is 1. The molecule has 0 saturated carbocycles. The van der Waals surface area contributed by atoms with Crippen molar-refractivity contribution in [1.29, 1.82) is 0 Å². The molecule has 218 valence electrons. The van der Waals surface area contributed by atoms with E-state index in [0.717, 1.165) is 0 Å². The number of furan rings is 1. The first-order valence-corrected chi connectivity index (χ1v) is 12.6. The predicted octanol–water partition coefficient (Wildman–Crippen LogP) is 3.58. The normalized spacial score (nSPS) is 14.6. The molecule has 0 bridgehead atoms. The summed E-state index contributed by atoms with van der Waals surface area (Å²) in [6.07, 6.45) is 1.28. The summed E-state index contributed by atoms with van der Waals surface area (Å²) < 4.78 is 21.8. The molecule has 4 rings (SSSR count). The molecule has 2 heterocycles. The lowest BCUT2D eigenvalue weighted by Gasteiger charge is -2.28. The van der Waals surface area contributed by atoms with Gasteiger partial charge in [-0.2, -0.15) is 5.10 Å². The smallest absolute Gasteiger partial charge is 0.338 e. The van der Waals surface area contributed by atoms with Crippen molar-refractivity contribution in [1.82, 2.24) is 16.1 Å². The van der Waals surface area contributed by atoms with Gasteiger partial charge in [-0.25, -0.2) is 15.0 Å². The number of hydrazone groups is 1. The minimum Gasteiger partial charge on any atom is -0.493 e. The van der Waals surface area contributed by atoms with Crippen LogP contribution in [0.3, 0.4) is 0 Å². The molecule has 3 aromatic rings. The number of amides is 3. The fourth-order valence-electron chi connectivity index (χ4n) is 4.10. The van der Waals surface area contributed by atoms with Crippen molar-refractivity contribution in [3.05, 3.63) is 87.3 Å². The average Bonchev–Trinajstić information content (AvgIpc) is 3.44. The largest absolute Gasteiger partial charge is 0.493 e. The van der Waals surface area contributed by atoms with Gasteiger partial charge in [0.2, 0.25) is 0 Å². The number of nitrogens with one attached hydrogen (secondary N) is 3. The SMILES string of the molecule is CCOC(=O)C1=C(C)NC(=O)N[C@H]1c1ccc(OCC(=O)N/N=C\c2ccc(-c3cccc([N+](=O)[O-])c3)o2)c(OC)c1. The number of nitro benzene ring substituents is 1. The Morgan fingerprint density at radius 3 is 2.71 bits per heavy atom. The molecule has 0 radical (unpaired) electrons. The van der Waals surface area contributed by atoms with Crippen LogP contribution >= 0.6 is 0 Å². The highest BCUT2D eigenvalue weighted by Crippen LogP contribution is 2.34. The molecule has 0 aliphatic carbocycles. The lowest BCUT2D eigenvalue weighted by atomic mass is 9.95. The van der Waals surface area contributed by atoms with Crippen molar-refractivity contribution < 1.29 is 37.9 Å². The number of esters is 1. The highest BCUT2D eigenvalue weighted by atomic mass is 16.6. The van der Waals surface area contributed by atoms with Crippen molar-refractivity contribution >= 4 is 29.8 Å². The Bertz CT molecular complexity index is 1580. The van der Waals surface area contributed by atoms with Crippen molar-refractivity contribution in [2.45, 2.75) is 19.9 Å². The molecular formula is C28H27N5O9. The van der Waals surface area contributed by atoms with E-state index < -0.39 is 35.5 Å². The molecule has 1 aliphatic heterocycles. The summed E-state index contributed by atoms with van der Waals surface area (Å²) in [5.41, 5.74) is 3.93. The summed E-state index contributed by atoms with van der Waals surface area (Å²) in [6, 6.07) is 12.7. The van der Waals surface area contributed by atoms with Gasteiger partial charge in [0.15, 0.2) is 18.1 Å². The number of hydrogen-bond donors (Lipinski definition) is 3. The summed E-state index contributed by atoms with van der Waals surface area (Å²) in [4.78, 5) is 47.5. The van der Waals surface area contributed by atoms with E-state index in [1.54, 1.807) is 56.3 Å². The van der Waals surface area contributed by atoms with Gasteiger partial charge in [0.1, 0.15) is 11.5 Å². The van der Waals surface area contributed by atoms with Crippen molar-refractivity contribution in [3.63, 3.8) is 0 Å². The molecule has 0 unspecified atom stereocenters. The number of nitrogens with zero attached hydrogens (tertiary/aromatic N) is 2. The summed E-state index contributed by atoms with van der Waals surface area (Å²) in [7, 11) is 1.41. The number of benzene rings is 2. The number of methoxy groups -OCH3 is 1. The Balaban J connectivity index is 1.37. The van der Waals surface area contributed by atoms with Gasteiger partial charge in [-0.3, -0.25) is 14.9 Å². The number of allylic oxidation sites excluding steroid dienone is 1. The van der Waals surface area contributed by atoms with Gasteiger partial charge in [-0.05, 0) is 43.7 Å². The number of carbonyl (C=O) groups is 3. The Kier molecular flexibility index (Phi) is 9.17. The second-order valence-electron chi connectivity index (χ2n) is 8.79. The van der Waals surface area contributed by atoms with Crippen LogP contribution < -0.4 is 25.5 Å². The summed E-state index contributed by atoms with van der Waals surface area (Å²) in [5, 5.41) is 20.1. The average molecular weight is 578 g/mol. The fraction of sp³-hybridized carbons (Fsp3) is 0.214. The van der Waals surface area contributed by atoms with Gasteiger partial charge in [0, 0.05) is 23.4 Å². The van der Waals surface area contributed by atoms with Crippen LogP contribution in [0.5, 0.6) is 11.5 Å². The Hall–Kier alpha value is -5.66. The molecule has 0 fully saturated rings. The monoisotopic (exact) mass is 577 g/mol. The van der Waals surface area contributed by atoms with Crippen LogP contribution in [0.25, 0.3) is 11.3 Å². The second kappa shape index (κ2) is 13.1. The summed E-state index contributed by atoms with van der Waals surface area (Å²) >= 11 is 0. The van der Waals surface area contributed by atoms with E-state index in [9.17, 15) is 24.5 Å². The van der Waals surface area contributed by atoms with Gasteiger partial charge in [-0.1, -0.05) is 18.2 Å². The maximum Gasteiger partial charge on any atom is 0.338 e. The van der Waals surface area contributed by atoms with E-state index in [1.807, 2.05) is 0 Å². The topological polar surface area (TPSA) is 184 Å². The van der Waals surface area contributed by atoms with Crippen LogP contribution in [0.15, 0.2) is 75.4 Å². The predicted molar refractivity (Wildman–Crippen MR) is 149 cm³/mol. The van der Waals surface area contributed by atoms with Crippen LogP contribution in [0.4, 0.5) is 10.5 Å². The number of ether oxygens (including phenoxy) is 3. The van der Waals surface area contributed by atoms with Crippen LogP contribution in [0, 0.1) is 10.1 Å². The van der Waals surface area contributed by atoms with Crippen molar-refractivity contribution in [2.75, 3.05) is 20.3 Å². The van der Waals surface area contributed by atoms with Crippen molar-refractivity contribution in [2.24, 2.45) is 5.10 Å². The van der Waals surface area contributed by atoms with E-state index in [-0.39, 0.29) is 29.4 Å². The standard InChI is InChI=1S/C28H27N5O9/c1-4-40-27(35)25-16(2)30-28(36)31-26(25)18-8-10-22(23(13-18)39-3)41-15-24(34)32-29-14-20-9-11-21(42-20)17-6-5-7-19(12-17)33(37)38/h5-14,26H,4,15H2,1-3H3,(H,32,34)(H2,30,31,36)/b29-14-/t26-/m0/s1. The molecule has 2 aromatic carbocycles. The van der Waals surface area contributed by atoms with Gasteiger partial charge < -0.3 is 29.3 Å². The third-order valence-electron chi connectivity index (χ3n) is 5.99. The molecule has 14 nitrogen and oxygen atoms in total. The number of non-ortho nitro benzene ring substituents is 1. The van der Waals surface area contributed by atoms with Crippen LogP contribution in [-0.2, 0) is 14.3 Å². The molecule has 3 N–H and O–H groups in total. The Morgan fingerprint density at radius 1 is 1.17 bits per heavy atom. The number of urea groups is 1. The quantitative estimate of drug-likeness (QED) is 0.133. The third-order valence-corrected chi connectivity index (χ3v) is 5.99. The molecule has 0 spiro atoms. The third kappa shape index (κ3) is 6.91. The van der Waals surface area contributed by atoms with E-state index >= 15 is 0 Å². The molecule has 1 aliphatic rings. The summed E-state index contributed by atoms with van der Waals surface area (Å²) in [6.45, 7) is 3.06. The maximum absolute atomic E-state index is 12.6. The molecule has 14 heteroatoms. The lowest BCUT2D eigenvalue weighted by Crippen LogP contribution is -2.45. The zero-order valence-corrected chi connectivity index (χ0v) is 22.8. The zero-order valence-electron chi connectivity index (χ0n) is 22.8. The summed E-state index contributed by atoms with van der Waals surface area (Å²) in [5.74, 6) is 0.0738. The fourth-order valence-corrected chi connectivity index (χ4v) is 4.10. The molecule has 1 aromatic heterocycles. The van der Waals surface area contributed by atoms with Crippen LogP contribution in [-0.4, -0.2) is 49.4 Å². The number of rotatable bonds is 11. The van der Waals surface area contributed by atoms with E-state index in [2.05, 4.69) is 21.2 Å². The van der Waals surface area contributed by atoms with E-state index in [0.29, 0.717) is 28.3 Å². The van der Waals surface area contributed by atoms with Crippen LogP contribution in [0.1, 0.15) is 31.2 Å². The molecule has 42 heavy (non-hydrogen) atoms. The Labute approximate surface area is 239 Å². The van der Waals surface area contributed by atoms with E-state index in [4.69, 9.17) is 18.6 Å². The van der Waals surface area contributed by atoms with E-state index in [1.165, 1.54) is 25.5 Å². The van der Waals surface area contributed by atoms with Gasteiger partial charge in [0.05, 0.1) is 36.5 Å². The molecular weight excluding hydrogens is 550 g/mol. The highest BCUT2D eigenvalue weighted by Gasteiger charge is 2.32. The second-order valence-corrected chi connectivity index (χ2v) is 8.79.